The summed E-state index contributed by atoms with van der Waals surface area (Å²) in [6.07, 6.45) is 1.18. The Kier molecular flexibility index (Phi) is 6.52. The Balaban J connectivity index is 1.95. The highest BCUT2D eigenvalue weighted by Gasteiger charge is 2.20. The third-order valence-corrected chi connectivity index (χ3v) is 4.79. The molecule has 2 rings (SSSR count). The molecule has 1 fully saturated rings. The van der Waals surface area contributed by atoms with E-state index in [1.165, 1.54) is 22.1 Å². The van der Waals surface area contributed by atoms with Gasteiger partial charge in [0.2, 0.25) is 0 Å². The third kappa shape index (κ3) is 4.70. The minimum absolute atomic E-state index is 0.655. The fourth-order valence-corrected chi connectivity index (χ4v) is 3.48. The van der Waals surface area contributed by atoms with Crippen molar-refractivity contribution in [3.63, 3.8) is 0 Å². The molecule has 118 valence electrons. The summed E-state index contributed by atoms with van der Waals surface area (Å²) in [4.78, 5) is 5.04. The number of nitrogens with one attached hydrogen (secondary N) is 1. The van der Waals surface area contributed by atoms with Crippen LogP contribution in [0.15, 0.2) is 22.7 Å². The first-order valence-electron chi connectivity index (χ1n) is 8.10. The number of nitrogens with zero attached hydrogens (tertiary/aromatic N) is 2. The Hall–Kier alpha value is -0.580. The Bertz CT molecular complexity index is 440. The number of rotatable bonds is 6. The highest BCUT2D eigenvalue weighted by Crippen LogP contribution is 2.28. The van der Waals surface area contributed by atoms with Crippen molar-refractivity contribution in [2.45, 2.75) is 39.8 Å². The molecular weight excluding hydrogens is 326 g/mol. The zero-order chi connectivity index (χ0) is 15.2. The van der Waals surface area contributed by atoms with Crippen molar-refractivity contribution < 1.29 is 0 Å². The molecule has 1 aromatic rings. The van der Waals surface area contributed by atoms with Gasteiger partial charge in [-0.3, -0.25) is 4.90 Å². The van der Waals surface area contributed by atoms with Crippen LogP contribution in [0.1, 0.15) is 32.8 Å². The fourth-order valence-electron chi connectivity index (χ4n) is 2.81. The number of benzene rings is 1. The van der Waals surface area contributed by atoms with Crippen LogP contribution >= 0.6 is 15.9 Å². The number of piperazine rings is 1. The molecule has 0 unspecified atom stereocenters. The summed E-state index contributed by atoms with van der Waals surface area (Å²) in [5.74, 6) is 0. The Labute approximate surface area is 137 Å². The highest BCUT2D eigenvalue weighted by atomic mass is 79.9. The lowest BCUT2D eigenvalue weighted by molar-refractivity contribution is 0.209. The predicted molar refractivity (Wildman–Crippen MR) is 95.1 cm³/mol. The van der Waals surface area contributed by atoms with Crippen LogP contribution < -0.4 is 10.2 Å². The zero-order valence-electron chi connectivity index (χ0n) is 13.5. The van der Waals surface area contributed by atoms with E-state index in [-0.39, 0.29) is 0 Å². The van der Waals surface area contributed by atoms with Gasteiger partial charge in [-0.1, -0.05) is 13.0 Å². The van der Waals surface area contributed by atoms with Gasteiger partial charge < -0.3 is 10.2 Å². The molecule has 1 heterocycles. The van der Waals surface area contributed by atoms with Crippen LogP contribution in [0.2, 0.25) is 0 Å². The smallest absolute Gasteiger partial charge is 0.0511 e. The average Bonchev–Trinajstić information content (AvgIpc) is 2.48. The summed E-state index contributed by atoms with van der Waals surface area (Å²) >= 11 is 3.75. The summed E-state index contributed by atoms with van der Waals surface area (Å²) in [5, 5.41) is 3.45. The Morgan fingerprint density at radius 3 is 2.48 bits per heavy atom. The van der Waals surface area contributed by atoms with Gasteiger partial charge in [-0.2, -0.15) is 0 Å². The first-order chi connectivity index (χ1) is 10.1. The van der Waals surface area contributed by atoms with Crippen LogP contribution in [0.25, 0.3) is 0 Å². The van der Waals surface area contributed by atoms with Gasteiger partial charge in [0, 0.05) is 43.2 Å². The molecule has 0 spiro atoms. The molecule has 1 N–H and O–H groups in total. The topological polar surface area (TPSA) is 18.5 Å². The lowest BCUT2D eigenvalue weighted by Gasteiger charge is -2.38. The molecule has 0 bridgehead atoms. The quantitative estimate of drug-likeness (QED) is 0.789. The Morgan fingerprint density at radius 1 is 1.19 bits per heavy atom. The first-order valence-corrected chi connectivity index (χ1v) is 8.89. The Morgan fingerprint density at radius 2 is 1.90 bits per heavy atom. The molecule has 1 saturated heterocycles. The van der Waals surface area contributed by atoms with Crippen LogP contribution in [-0.2, 0) is 6.54 Å². The van der Waals surface area contributed by atoms with E-state index in [0.717, 1.165) is 39.3 Å². The van der Waals surface area contributed by atoms with Gasteiger partial charge in [0.1, 0.15) is 0 Å². The second kappa shape index (κ2) is 8.16. The molecule has 0 aromatic heterocycles. The van der Waals surface area contributed by atoms with Crippen LogP contribution in [0.5, 0.6) is 0 Å². The molecule has 0 saturated carbocycles. The molecule has 0 amide bonds. The third-order valence-electron chi connectivity index (χ3n) is 4.15. The SMILES string of the molecule is CCCNCc1ccc(N2CCN(C(C)C)CC2)c(Br)c1. The minimum atomic E-state index is 0.655. The van der Waals surface area contributed by atoms with E-state index >= 15 is 0 Å². The van der Waals surface area contributed by atoms with E-state index in [2.05, 4.69) is 70.0 Å². The van der Waals surface area contributed by atoms with Gasteiger partial charge in [0.05, 0.1) is 5.69 Å². The van der Waals surface area contributed by atoms with Gasteiger partial charge in [0.25, 0.3) is 0 Å². The maximum absolute atomic E-state index is 3.75. The van der Waals surface area contributed by atoms with E-state index in [4.69, 9.17) is 0 Å². The number of halogens is 1. The number of anilines is 1. The van der Waals surface area contributed by atoms with E-state index in [1.54, 1.807) is 0 Å². The fraction of sp³-hybridized carbons (Fsp3) is 0.647. The largest absolute Gasteiger partial charge is 0.368 e. The molecule has 1 aromatic carbocycles. The van der Waals surface area contributed by atoms with Gasteiger partial charge in [-0.05, 0) is 60.4 Å². The standard InChI is InChI=1S/C17H28BrN3/c1-4-7-19-13-15-5-6-17(16(18)12-15)21-10-8-20(9-11-21)14(2)3/h5-6,12,14,19H,4,7-11,13H2,1-3H3. The number of hydrogen-bond donors (Lipinski definition) is 1. The second-order valence-electron chi connectivity index (χ2n) is 6.08. The summed E-state index contributed by atoms with van der Waals surface area (Å²) in [6.45, 7) is 13.3. The summed E-state index contributed by atoms with van der Waals surface area (Å²) in [6, 6.07) is 7.42. The minimum Gasteiger partial charge on any atom is -0.368 e. The van der Waals surface area contributed by atoms with Crippen molar-refractivity contribution in [2.24, 2.45) is 0 Å². The van der Waals surface area contributed by atoms with Crippen molar-refractivity contribution in [1.82, 2.24) is 10.2 Å². The molecule has 0 aliphatic carbocycles. The highest BCUT2D eigenvalue weighted by molar-refractivity contribution is 9.10. The summed E-state index contributed by atoms with van der Waals surface area (Å²) in [5.41, 5.74) is 2.68. The molecule has 4 heteroatoms. The van der Waals surface area contributed by atoms with Gasteiger partial charge in [-0.15, -0.1) is 0 Å². The van der Waals surface area contributed by atoms with Crippen molar-refractivity contribution in [3.05, 3.63) is 28.2 Å². The normalized spacial score (nSPS) is 16.7. The molecule has 1 aliphatic rings. The van der Waals surface area contributed by atoms with Gasteiger partial charge >= 0.3 is 0 Å². The first kappa shape index (κ1) is 16.8. The van der Waals surface area contributed by atoms with Crippen molar-refractivity contribution in [1.29, 1.82) is 0 Å². The molecule has 3 nitrogen and oxygen atoms in total. The molecule has 0 radical (unpaired) electrons. The van der Waals surface area contributed by atoms with Crippen LogP contribution in [-0.4, -0.2) is 43.7 Å². The van der Waals surface area contributed by atoms with Gasteiger partial charge in [-0.25, -0.2) is 0 Å². The van der Waals surface area contributed by atoms with E-state index in [0.29, 0.717) is 6.04 Å². The van der Waals surface area contributed by atoms with E-state index < -0.39 is 0 Å². The van der Waals surface area contributed by atoms with E-state index in [9.17, 15) is 0 Å². The lowest BCUT2D eigenvalue weighted by atomic mass is 10.1. The van der Waals surface area contributed by atoms with Crippen molar-refractivity contribution in [2.75, 3.05) is 37.6 Å². The lowest BCUT2D eigenvalue weighted by Crippen LogP contribution is -2.49. The van der Waals surface area contributed by atoms with Crippen LogP contribution in [0.3, 0.4) is 0 Å². The number of hydrogen-bond acceptors (Lipinski definition) is 3. The molecule has 21 heavy (non-hydrogen) atoms. The maximum atomic E-state index is 3.75. The zero-order valence-corrected chi connectivity index (χ0v) is 15.1. The summed E-state index contributed by atoms with van der Waals surface area (Å²) < 4.78 is 1.22. The molecule has 1 aliphatic heterocycles. The second-order valence-corrected chi connectivity index (χ2v) is 6.93. The van der Waals surface area contributed by atoms with Gasteiger partial charge in [0.15, 0.2) is 0 Å². The molecular formula is C17H28BrN3. The van der Waals surface area contributed by atoms with Crippen LogP contribution in [0, 0.1) is 0 Å². The van der Waals surface area contributed by atoms with E-state index in [1.807, 2.05) is 0 Å². The van der Waals surface area contributed by atoms with Crippen molar-refractivity contribution >= 4 is 21.6 Å². The molecule has 0 atom stereocenters. The van der Waals surface area contributed by atoms with Crippen LogP contribution in [0.4, 0.5) is 5.69 Å². The van der Waals surface area contributed by atoms with Crippen molar-refractivity contribution in [3.8, 4) is 0 Å². The predicted octanol–water partition coefficient (Wildman–Crippen LogP) is 3.48. The monoisotopic (exact) mass is 353 g/mol. The average molecular weight is 354 g/mol. The summed E-state index contributed by atoms with van der Waals surface area (Å²) in [7, 11) is 0. The maximum Gasteiger partial charge on any atom is 0.0511 e.